The SMILES string of the molecule is Cc1cccc(Cn2c(C)c(C)c3ccnc(Oc4cccc5cnccc45)c32)c1. The standard InChI is InChI=1S/C26H23N3O/c1-17-6-4-7-20(14-17)16-29-19(3)18(2)22-11-13-28-26(25(22)29)30-24-9-5-8-21-15-27-12-10-23(21)24/h4-15H,16H2,1-3H3. The van der Waals surface area contributed by atoms with Crippen LogP contribution in [0.2, 0.25) is 0 Å². The summed E-state index contributed by atoms with van der Waals surface area (Å²) in [6.45, 7) is 7.23. The molecule has 0 amide bonds. The molecule has 0 aliphatic heterocycles. The number of hydrogen-bond acceptors (Lipinski definition) is 3. The molecular weight excluding hydrogens is 370 g/mol. The first-order valence-corrected chi connectivity index (χ1v) is 10.1. The number of rotatable bonds is 4. The first-order chi connectivity index (χ1) is 14.6. The molecule has 30 heavy (non-hydrogen) atoms. The number of fused-ring (bicyclic) bond motifs is 2. The summed E-state index contributed by atoms with van der Waals surface area (Å²) in [5, 5.41) is 3.24. The van der Waals surface area contributed by atoms with Crippen LogP contribution in [0.4, 0.5) is 0 Å². The van der Waals surface area contributed by atoms with Crippen molar-refractivity contribution < 1.29 is 4.74 Å². The molecule has 3 aromatic heterocycles. The lowest BCUT2D eigenvalue weighted by molar-refractivity contribution is 0.471. The monoisotopic (exact) mass is 393 g/mol. The number of benzene rings is 2. The minimum Gasteiger partial charge on any atom is -0.436 e. The third-order valence-electron chi connectivity index (χ3n) is 5.78. The molecule has 0 aliphatic rings. The van der Waals surface area contributed by atoms with Crippen molar-refractivity contribution in [3.05, 3.63) is 95.6 Å². The molecular formula is C26H23N3O. The van der Waals surface area contributed by atoms with E-state index in [4.69, 9.17) is 4.74 Å². The van der Waals surface area contributed by atoms with Gasteiger partial charge in [-0.05, 0) is 50.1 Å². The minimum atomic E-state index is 0.626. The van der Waals surface area contributed by atoms with Gasteiger partial charge in [-0.3, -0.25) is 4.98 Å². The van der Waals surface area contributed by atoms with Gasteiger partial charge in [-0.15, -0.1) is 0 Å². The zero-order chi connectivity index (χ0) is 20.7. The average molecular weight is 393 g/mol. The Morgan fingerprint density at radius 1 is 0.900 bits per heavy atom. The number of aromatic nitrogens is 3. The lowest BCUT2D eigenvalue weighted by atomic mass is 10.1. The van der Waals surface area contributed by atoms with Crippen molar-refractivity contribution in [1.82, 2.24) is 14.5 Å². The number of nitrogens with zero attached hydrogens (tertiary/aromatic N) is 3. The van der Waals surface area contributed by atoms with Crippen molar-refractivity contribution in [3.8, 4) is 11.6 Å². The van der Waals surface area contributed by atoms with Crippen LogP contribution in [0.5, 0.6) is 11.6 Å². The van der Waals surface area contributed by atoms with Crippen LogP contribution in [-0.4, -0.2) is 14.5 Å². The highest BCUT2D eigenvalue weighted by atomic mass is 16.5. The molecule has 0 unspecified atom stereocenters. The molecule has 148 valence electrons. The number of ether oxygens (including phenoxy) is 1. The summed E-state index contributed by atoms with van der Waals surface area (Å²) >= 11 is 0. The van der Waals surface area contributed by atoms with Gasteiger partial charge < -0.3 is 9.30 Å². The Morgan fingerprint density at radius 2 is 1.73 bits per heavy atom. The van der Waals surface area contributed by atoms with E-state index in [0.29, 0.717) is 5.88 Å². The number of pyridine rings is 2. The zero-order valence-corrected chi connectivity index (χ0v) is 17.4. The Morgan fingerprint density at radius 3 is 2.60 bits per heavy atom. The molecule has 5 rings (SSSR count). The molecule has 4 heteroatoms. The summed E-state index contributed by atoms with van der Waals surface area (Å²) in [5.74, 6) is 1.41. The highest BCUT2D eigenvalue weighted by Crippen LogP contribution is 2.36. The maximum absolute atomic E-state index is 6.42. The van der Waals surface area contributed by atoms with E-state index in [2.05, 4.69) is 65.6 Å². The first kappa shape index (κ1) is 18.4. The number of hydrogen-bond donors (Lipinski definition) is 0. The molecule has 0 radical (unpaired) electrons. The van der Waals surface area contributed by atoms with E-state index in [1.807, 2.05) is 36.7 Å². The normalized spacial score (nSPS) is 11.3. The van der Waals surface area contributed by atoms with Crippen LogP contribution in [0.15, 0.2) is 73.2 Å². The van der Waals surface area contributed by atoms with Gasteiger partial charge in [-0.2, -0.15) is 0 Å². The van der Waals surface area contributed by atoms with E-state index in [-0.39, 0.29) is 0 Å². The van der Waals surface area contributed by atoms with Crippen molar-refractivity contribution in [3.63, 3.8) is 0 Å². The second kappa shape index (κ2) is 7.30. The van der Waals surface area contributed by atoms with Gasteiger partial charge in [0.15, 0.2) is 0 Å². The molecule has 0 atom stereocenters. The Hall–Kier alpha value is -3.66. The van der Waals surface area contributed by atoms with Crippen LogP contribution < -0.4 is 4.74 Å². The second-order valence-electron chi connectivity index (χ2n) is 7.75. The van der Waals surface area contributed by atoms with E-state index >= 15 is 0 Å². The summed E-state index contributed by atoms with van der Waals surface area (Å²) in [5.41, 5.74) is 6.04. The molecule has 0 N–H and O–H groups in total. The van der Waals surface area contributed by atoms with Crippen molar-refractivity contribution in [2.24, 2.45) is 0 Å². The smallest absolute Gasteiger partial charge is 0.244 e. The maximum Gasteiger partial charge on any atom is 0.244 e. The van der Waals surface area contributed by atoms with Gasteiger partial charge in [0.05, 0.1) is 0 Å². The summed E-state index contributed by atoms with van der Waals surface area (Å²) in [4.78, 5) is 8.84. The lowest BCUT2D eigenvalue weighted by Crippen LogP contribution is -2.04. The zero-order valence-electron chi connectivity index (χ0n) is 17.4. The summed E-state index contributed by atoms with van der Waals surface area (Å²) in [6, 6.07) is 18.7. The summed E-state index contributed by atoms with van der Waals surface area (Å²) in [7, 11) is 0. The average Bonchev–Trinajstić information content (AvgIpc) is 3.00. The minimum absolute atomic E-state index is 0.626. The van der Waals surface area contributed by atoms with E-state index < -0.39 is 0 Å². The Labute approximate surface area is 175 Å². The lowest BCUT2D eigenvalue weighted by Gasteiger charge is -2.13. The second-order valence-corrected chi connectivity index (χ2v) is 7.75. The summed E-state index contributed by atoms with van der Waals surface area (Å²) in [6.07, 6.45) is 5.47. The molecule has 0 spiro atoms. The van der Waals surface area contributed by atoms with Crippen LogP contribution in [0.3, 0.4) is 0 Å². The fraction of sp³-hybridized carbons (Fsp3) is 0.154. The fourth-order valence-electron chi connectivity index (χ4n) is 4.11. The quantitative estimate of drug-likeness (QED) is 0.357. The molecule has 3 heterocycles. The van der Waals surface area contributed by atoms with E-state index in [1.54, 1.807) is 6.20 Å². The van der Waals surface area contributed by atoms with Gasteiger partial charge in [0.1, 0.15) is 11.3 Å². The predicted octanol–water partition coefficient (Wildman–Crippen LogP) is 6.35. The van der Waals surface area contributed by atoms with Gasteiger partial charge >= 0.3 is 0 Å². The topological polar surface area (TPSA) is 39.9 Å². The van der Waals surface area contributed by atoms with Crippen molar-refractivity contribution in [2.45, 2.75) is 27.3 Å². The van der Waals surface area contributed by atoms with Crippen molar-refractivity contribution in [2.75, 3.05) is 0 Å². The molecule has 0 saturated heterocycles. The summed E-state index contributed by atoms with van der Waals surface area (Å²) < 4.78 is 8.73. The van der Waals surface area contributed by atoms with Crippen LogP contribution in [0, 0.1) is 20.8 Å². The van der Waals surface area contributed by atoms with Gasteiger partial charge in [-0.25, -0.2) is 4.98 Å². The van der Waals surface area contributed by atoms with E-state index in [0.717, 1.165) is 28.6 Å². The Kier molecular flexibility index (Phi) is 4.47. The molecule has 5 aromatic rings. The molecule has 4 nitrogen and oxygen atoms in total. The largest absolute Gasteiger partial charge is 0.436 e. The predicted molar refractivity (Wildman–Crippen MR) is 121 cm³/mol. The van der Waals surface area contributed by atoms with Gasteiger partial charge in [0.2, 0.25) is 5.88 Å². The Balaban J connectivity index is 1.66. The number of aryl methyl sites for hydroxylation is 2. The fourth-order valence-corrected chi connectivity index (χ4v) is 4.11. The third kappa shape index (κ3) is 3.11. The Bertz CT molecular complexity index is 1380. The van der Waals surface area contributed by atoms with Crippen LogP contribution in [-0.2, 0) is 6.54 Å². The van der Waals surface area contributed by atoms with E-state index in [9.17, 15) is 0 Å². The van der Waals surface area contributed by atoms with E-state index in [1.165, 1.54) is 27.8 Å². The molecule has 2 aromatic carbocycles. The molecule has 0 fully saturated rings. The van der Waals surface area contributed by atoms with Crippen LogP contribution in [0.25, 0.3) is 21.7 Å². The van der Waals surface area contributed by atoms with Crippen LogP contribution in [0.1, 0.15) is 22.4 Å². The van der Waals surface area contributed by atoms with Gasteiger partial charge in [0, 0.05) is 47.0 Å². The maximum atomic E-state index is 6.42. The van der Waals surface area contributed by atoms with Crippen molar-refractivity contribution >= 4 is 21.7 Å². The highest BCUT2D eigenvalue weighted by Gasteiger charge is 2.17. The highest BCUT2D eigenvalue weighted by molar-refractivity contribution is 5.91. The van der Waals surface area contributed by atoms with Gasteiger partial charge in [-0.1, -0.05) is 42.0 Å². The molecule has 0 saturated carbocycles. The third-order valence-corrected chi connectivity index (χ3v) is 5.78. The molecule has 0 bridgehead atoms. The van der Waals surface area contributed by atoms with Crippen molar-refractivity contribution in [1.29, 1.82) is 0 Å². The van der Waals surface area contributed by atoms with Gasteiger partial charge in [0.25, 0.3) is 0 Å². The van der Waals surface area contributed by atoms with Crippen LogP contribution >= 0.6 is 0 Å². The molecule has 0 aliphatic carbocycles. The first-order valence-electron chi connectivity index (χ1n) is 10.1.